The quantitative estimate of drug-likeness (QED) is 0.170. The average Bonchev–Trinajstić information content (AvgIpc) is 3.36. The number of hydrogen-bond acceptors (Lipinski definition) is 7. The van der Waals surface area contributed by atoms with Crippen molar-refractivity contribution in [2.45, 2.75) is 19.4 Å². The molecule has 6 nitrogen and oxygen atoms in total. The van der Waals surface area contributed by atoms with Gasteiger partial charge in [0, 0.05) is 36.0 Å². The molecule has 0 aliphatic heterocycles. The summed E-state index contributed by atoms with van der Waals surface area (Å²) in [4.78, 5) is 25.8. The maximum atomic E-state index is 12.3. The van der Waals surface area contributed by atoms with E-state index in [2.05, 4.69) is 12.1 Å². The van der Waals surface area contributed by atoms with E-state index in [1.807, 2.05) is 47.8 Å². The van der Waals surface area contributed by atoms with Gasteiger partial charge in [0.2, 0.25) is 0 Å². The molecule has 1 aromatic heterocycles. The number of rotatable bonds is 12. The van der Waals surface area contributed by atoms with E-state index in [4.69, 9.17) is 14.6 Å². The topological polar surface area (TPSA) is 76.1 Å². The highest BCUT2D eigenvalue weighted by molar-refractivity contribution is 8.76. The van der Waals surface area contributed by atoms with Gasteiger partial charge in [0.15, 0.2) is 0 Å². The Bertz CT molecular complexity index is 1040. The molecule has 0 aliphatic carbocycles. The van der Waals surface area contributed by atoms with Gasteiger partial charge in [-0.25, -0.2) is 4.79 Å². The lowest BCUT2D eigenvalue weighted by Crippen LogP contribution is -2.29. The van der Waals surface area contributed by atoms with Crippen LogP contribution in [0.25, 0.3) is 10.8 Å². The Hall–Kier alpha value is -2.36. The highest BCUT2D eigenvalue weighted by Gasteiger charge is 2.19. The molecule has 3 aromatic rings. The summed E-state index contributed by atoms with van der Waals surface area (Å²) in [6, 6.07) is 18.2. The molecule has 1 N–H and O–H groups in total. The lowest BCUT2D eigenvalue weighted by atomic mass is 10.1. The first kappa shape index (κ1) is 25.3. The van der Waals surface area contributed by atoms with Gasteiger partial charge in [-0.05, 0) is 22.9 Å². The van der Waals surface area contributed by atoms with E-state index in [1.165, 1.54) is 26.5 Å². The highest BCUT2D eigenvalue weighted by Crippen LogP contribution is 2.33. The van der Waals surface area contributed by atoms with Crippen LogP contribution in [-0.2, 0) is 9.53 Å². The second kappa shape index (κ2) is 12.8. The molecule has 0 saturated heterocycles. The molecular weight excluding hydrogens is 478 g/mol. The van der Waals surface area contributed by atoms with Crippen LogP contribution in [0.5, 0.6) is 5.75 Å². The molecule has 33 heavy (non-hydrogen) atoms. The van der Waals surface area contributed by atoms with Gasteiger partial charge in [0.25, 0.3) is 0 Å². The van der Waals surface area contributed by atoms with E-state index >= 15 is 0 Å². The Kier molecular flexibility index (Phi) is 9.77. The van der Waals surface area contributed by atoms with Crippen molar-refractivity contribution in [3.63, 3.8) is 0 Å². The molecular formula is C24H27NO5S3. The van der Waals surface area contributed by atoms with E-state index in [0.29, 0.717) is 18.7 Å². The minimum atomic E-state index is -0.828. The van der Waals surface area contributed by atoms with Crippen molar-refractivity contribution in [2.24, 2.45) is 5.92 Å². The van der Waals surface area contributed by atoms with Crippen LogP contribution >= 0.6 is 32.9 Å². The fraction of sp³-hybridized carbons (Fsp3) is 0.333. The summed E-state index contributed by atoms with van der Waals surface area (Å²) >= 11 is 1.63. The second-order valence-electron chi connectivity index (χ2n) is 7.48. The van der Waals surface area contributed by atoms with Crippen molar-refractivity contribution in [1.82, 2.24) is 4.90 Å². The number of benzene rings is 2. The smallest absolute Gasteiger partial charge is 0.410 e. The van der Waals surface area contributed by atoms with Crippen LogP contribution in [0.3, 0.4) is 0 Å². The highest BCUT2D eigenvalue weighted by atomic mass is 33.1. The summed E-state index contributed by atoms with van der Waals surface area (Å²) in [6.07, 6.45) is 0.0193. The number of carbonyl (C=O) groups excluding carboxylic acids is 1. The summed E-state index contributed by atoms with van der Waals surface area (Å²) in [5, 5.41) is 13.1. The number of aliphatic carboxylic acids is 1. The molecule has 0 fully saturated rings. The summed E-state index contributed by atoms with van der Waals surface area (Å²) < 4.78 is 11.7. The monoisotopic (exact) mass is 505 g/mol. The first-order valence-electron chi connectivity index (χ1n) is 10.5. The van der Waals surface area contributed by atoms with E-state index in [9.17, 15) is 9.59 Å². The first-order chi connectivity index (χ1) is 16.0. The number of ether oxygens (including phenoxy) is 2. The molecule has 0 saturated carbocycles. The second-order valence-corrected chi connectivity index (χ2v) is 10.9. The van der Waals surface area contributed by atoms with Crippen LogP contribution in [0.2, 0.25) is 0 Å². The number of fused-ring (bicyclic) bond motifs is 1. The Labute approximate surface area is 205 Å². The van der Waals surface area contributed by atoms with Crippen molar-refractivity contribution in [3.05, 3.63) is 64.9 Å². The fourth-order valence-corrected chi connectivity index (χ4v) is 5.73. The maximum absolute atomic E-state index is 12.3. The van der Waals surface area contributed by atoms with Crippen LogP contribution in [0, 0.1) is 5.92 Å². The molecule has 0 spiro atoms. The zero-order valence-electron chi connectivity index (χ0n) is 18.5. The third-order valence-electron chi connectivity index (χ3n) is 4.97. The standard InChI is InChI=1S/C24H27NO5S3/c1-17(23(26)27)15-32-33-16-29-24(28)25(2)13-12-21(22-11-6-14-31-22)30-20-10-5-8-18-7-3-4-9-19(18)20/h3-11,14,17,21H,12-13,15-16H2,1-2H3,(H,26,27)/t17-,21?/m0/s1. The SMILES string of the molecule is C[C@@H](CSSCOC(=O)N(C)CCC(Oc1cccc2ccccc12)c1cccs1)C(=O)O. The van der Waals surface area contributed by atoms with Crippen molar-refractivity contribution in [2.75, 3.05) is 25.3 Å². The van der Waals surface area contributed by atoms with Gasteiger partial charge >= 0.3 is 12.1 Å². The number of amides is 1. The van der Waals surface area contributed by atoms with Crippen molar-refractivity contribution in [3.8, 4) is 5.75 Å². The van der Waals surface area contributed by atoms with Crippen LogP contribution in [0.1, 0.15) is 24.3 Å². The molecule has 3 rings (SSSR count). The number of thiophene rings is 1. The minimum Gasteiger partial charge on any atom is -0.484 e. The third-order valence-corrected chi connectivity index (χ3v) is 8.15. The molecule has 0 bridgehead atoms. The van der Waals surface area contributed by atoms with E-state index in [1.54, 1.807) is 25.3 Å². The zero-order chi connectivity index (χ0) is 23.6. The predicted molar refractivity (Wildman–Crippen MR) is 137 cm³/mol. The van der Waals surface area contributed by atoms with Crippen LogP contribution in [0.15, 0.2) is 60.0 Å². The first-order valence-corrected chi connectivity index (χ1v) is 13.9. The summed E-state index contributed by atoms with van der Waals surface area (Å²) in [5.74, 6) is 0.186. The Morgan fingerprint density at radius 1 is 1.09 bits per heavy atom. The number of carbonyl (C=O) groups is 2. The number of carboxylic acid groups (broad SMARTS) is 1. The summed E-state index contributed by atoms with van der Waals surface area (Å²) in [6.45, 7) is 2.13. The molecule has 0 radical (unpaired) electrons. The van der Waals surface area contributed by atoms with E-state index in [-0.39, 0.29) is 12.0 Å². The maximum Gasteiger partial charge on any atom is 0.410 e. The van der Waals surface area contributed by atoms with E-state index in [0.717, 1.165) is 21.4 Å². The summed E-state index contributed by atoms with van der Waals surface area (Å²) in [7, 11) is 4.42. The lowest BCUT2D eigenvalue weighted by Gasteiger charge is -2.23. The zero-order valence-corrected chi connectivity index (χ0v) is 21.0. The molecule has 176 valence electrons. The van der Waals surface area contributed by atoms with Crippen LogP contribution < -0.4 is 4.74 Å². The van der Waals surface area contributed by atoms with Gasteiger partial charge in [-0.15, -0.1) is 11.3 Å². The van der Waals surface area contributed by atoms with Crippen LogP contribution in [-0.4, -0.2) is 47.4 Å². The predicted octanol–water partition coefficient (Wildman–Crippen LogP) is 6.54. The minimum absolute atomic E-state index is 0.168. The number of carboxylic acids is 1. The number of hydrogen-bond donors (Lipinski definition) is 1. The van der Waals surface area contributed by atoms with E-state index < -0.39 is 18.0 Å². The molecule has 0 aliphatic rings. The Morgan fingerprint density at radius 3 is 2.64 bits per heavy atom. The lowest BCUT2D eigenvalue weighted by molar-refractivity contribution is -0.140. The number of nitrogens with zero attached hydrogens (tertiary/aromatic N) is 1. The van der Waals surface area contributed by atoms with Gasteiger partial charge in [-0.1, -0.05) is 71.0 Å². The molecule has 2 aromatic carbocycles. The Morgan fingerprint density at radius 2 is 1.88 bits per heavy atom. The molecule has 9 heteroatoms. The molecule has 1 heterocycles. The van der Waals surface area contributed by atoms with Gasteiger partial charge in [-0.2, -0.15) is 0 Å². The van der Waals surface area contributed by atoms with Gasteiger partial charge in [0.05, 0.1) is 5.92 Å². The fourth-order valence-electron chi connectivity index (χ4n) is 3.03. The van der Waals surface area contributed by atoms with Crippen molar-refractivity contribution in [1.29, 1.82) is 0 Å². The largest absolute Gasteiger partial charge is 0.484 e. The van der Waals surface area contributed by atoms with Crippen LogP contribution in [0.4, 0.5) is 4.79 Å². The van der Waals surface area contributed by atoms with Gasteiger partial charge in [-0.3, -0.25) is 4.79 Å². The summed E-state index contributed by atoms with van der Waals surface area (Å²) in [5.41, 5.74) is 0. The molecule has 1 amide bonds. The third kappa shape index (κ3) is 7.58. The normalized spacial score (nSPS) is 12.8. The Balaban J connectivity index is 1.52. The van der Waals surface area contributed by atoms with Gasteiger partial charge < -0.3 is 19.5 Å². The molecule has 1 unspecified atom stereocenters. The van der Waals surface area contributed by atoms with Gasteiger partial charge in [0.1, 0.15) is 17.8 Å². The molecule has 2 atom stereocenters. The van der Waals surface area contributed by atoms with Crippen molar-refractivity contribution >= 4 is 55.8 Å². The average molecular weight is 506 g/mol. The van der Waals surface area contributed by atoms with Crippen molar-refractivity contribution < 1.29 is 24.2 Å².